The Balaban J connectivity index is 0.000000314. The van der Waals surface area contributed by atoms with Gasteiger partial charge in [-0.05, 0) is 20.8 Å². The van der Waals surface area contributed by atoms with Crippen molar-refractivity contribution in [2.75, 3.05) is 0 Å². The van der Waals surface area contributed by atoms with Crippen LogP contribution in [0.15, 0.2) is 91.0 Å². The molecule has 0 saturated carbocycles. The molecule has 25 heavy (non-hydrogen) atoms. The summed E-state index contributed by atoms with van der Waals surface area (Å²) < 4.78 is 0. The van der Waals surface area contributed by atoms with Crippen molar-refractivity contribution in [1.82, 2.24) is 0 Å². The van der Waals surface area contributed by atoms with Crippen molar-refractivity contribution in [2.24, 2.45) is 0 Å². The summed E-state index contributed by atoms with van der Waals surface area (Å²) in [5.74, 6) is -0.833. The molecule has 0 aliphatic rings. The maximum Gasteiger partial charge on any atom is 0.300 e. The molecule has 0 aromatic heterocycles. The topological polar surface area (TPSA) is 37.3 Å². The first-order chi connectivity index (χ1) is 11.9. The number of hydrogen-bond acceptors (Lipinski definition) is 1. The molecule has 132 valence electrons. The number of rotatable bonds is 0. The van der Waals surface area contributed by atoms with Gasteiger partial charge in [0.25, 0.3) is 5.97 Å². The molecule has 0 fully saturated rings. The highest BCUT2D eigenvalue weighted by Gasteiger charge is 1.73. The monoisotopic (exact) mass is 336 g/mol. The van der Waals surface area contributed by atoms with Gasteiger partial charge in [0.1, 0.15) is 0 Å². The predicted octanol–water partition coefficient (Wildman–Crippen LogP) is 6.08. The van der Waals surface area contributed by atoms with Crippen LogP contribution in [0.25, 0.3) is 0 Å². The van der Waals surface area contributed by atoms with E-state index in [0.717, 1.165) is 6.92 Å². The van der Waals surface area contributed by atoms with Crippen LogP contribution in [0.4, 0.5) is 0 Å². The first-order valence-corrected chi connectivity index (χ1v) is 8.16. The van der Waals surface area contributed by atoms with Crippen molar-refractivity contribution in [3.63, 3.8) is 0 Å². The first-order valence-electron chi connectivity index (χ1n) is 8.16. The van der Waals surface area contributed by atoms with Gasteiger partial charge >= 0.3 is 0 Å². The normalized spacial score (nSPS) is 8.32. The maximum absolute atomic E-state index is 9.00. The molecule has 0 aliphatic heterocycles. The Morgan fingerprint density at radius 1 is 0.560 bits per heavy atom. The van der Waals surface area contributed by atoms with Crippen molar-refractivity contribution < 1.29 is 9.90 Å². The second-order valence-electron chi connectivity index (χ2n) is 5.48. The van der Waals surface area contributed by atoms with Crippen LogP contribution >= 0.6 is 0 Å². The van der Waals surface area contributed by atoms with E-state index in [2.05, 4.69) is 57.2 Å². The van der Waals surface area contributed by atoms with Gasteiger partial charge in [0.05, 0.1) is 0 Å². The standard InChI is InChI=1S/3C7H8.C2H4O2/c3*1-7-5-3-2-4-6-7;1-2(3)4/h3*2-6H,1H3;1H3,(H,3,4). The van der Waals surface area contributed by atoms with Crippen molar-refractivity contribution in [1.29, 1.82) is 0 Å². The zero-order valence-corrected chi connectivity index (χ0v) is 15.5. The van der Waals surface area contributed by atoms with E-state index in [-0.39, 0.29) is 0 Å². The first kappa shape index (κ1) is 22.1. The lowest BCUT2D eigenvalue weighted by molar-refractivity contribution is -0.134. The molecule has 0 atom stereocenters. The predicted molar refractivity (Wildman–Crippen MR) is 107 cm³/mol. The van der Waals surface area contributed by atoms with Crippen LogP contribution in [0.3, 0.4) is 0 Å². The van der Waals surface area contributed by atoms with Crippen LogP contribution in [0.2, 0.25) is 0 Å². The van der Waals surface area contributed by atoms with Gasteiger partial charge in [-0.2, -0.15) is 0 Å². The van der Waals surface area contributed by atoms with E-state index in [1.807, 2.05) is 54.6 Å². The van der Waals surface area contributed by atoms with Crippen LogP contribution in [0.1, 0.15) is 23.6 Å². The molecule has 0 spiro atoms. The zero-order chi connectivity index (χ0) is 18.9. The third-order valence-electron chi connectivity index (χ3n) is 2.82. The van der Waals surface area contributed by atoms with Gasteiger partial charge in [-0.1, -0.05) is 108 Å². The number of benzene rings is 3. The van der Waals surface area contributed by atoms with Gasteiger partial charge in [0.2, 0.25) is 0 Å². The fourth-order valence-electron chi connectivity index (χ4n) is 1.60. The molecule has 0 bridgehead atoms. The Kier molecular flexibility index (Phi) is 13.0. The second-order valence-corrected chi connectivity index (χ2v) is 5.48. The number of aryl methyl sites for hydroxylation is 3. The molecule has 3 aromatic carbocycles. The average molecular weight is 336 g/mol. The summed E-state index contributed by atoms with van der Waals surface area (Å²) in [6.45, 7) is 7.33. The summed E-state index contributed by atoms with van der Waals surface area (Å²) >= 11 is 0. The average Bonchev–Trinajstić information content (AvgIpc) is 2.58. The van der Waals surface area contributed by atoms with E-state index < -0.39 is 5.97 Å². The Labute approximate surface area is 151 Å². The van der Waals surface area contributed by atoms with E-state index in [1.54, 1.807) is 0 Å². The van der Waals surface area contributed by atoms with Crippen molar-refractivity contribution in [3.8, 4) is 0 Å². The summed E-state index contributed by atoms with van der Waals surface area (Å²) in [7, 11) is 0. The maximum atomic E-state index is 9.00. The summed E-state index contributed by atoms with van der Waals surface area (Å²) in [4.78, 5) is 9.00. The molecular formula is C23H28O2. The Bertz CT molecular complexity index is 569. The molecule has 0 heterocycles. The SMILES string of the molecule is CC(=O)O.Cc1ccccc1.Cc1ccccc1.Cc1ccccc1. The lowest BCUT2D eigenvalue weighted by Crippen LogP contribution is -1.78. The lowest BCUT2D eigenvalue weighted by Gasteiger charge is -1.82. The number of carboxylic acid groups (broad SMARTS) is 1. The molecule has 1 N–H and O–H groups in total. The summed E-state index contributed by atoms with van der Waals surface area (Å²) in [6.07, 6.45) is 0. The number of aliphatic carboxylic acids is 1. The molecule has 0 saturated heterocycles. The van der Waals surface area contributed by atoms with Gasteiger partial charge < -0.3 is 5.11 Å². The van der Waals surface area contributed by atoms with Gasteiger partial charge in [-0.25, -0.2) is 0 Å². The van der Waals surface area contributed by atoms with E-state index >= 15 is 0 Å². The highest BCUT2D eigenvalue weighted by molar-refractivity contribution is 5.62. The summed E-state index contributed by atoms with van der Waals surface area (Å²) in [6, 6.07) is 30.8. The molecule has 0 amide bonds. The van der Waals surface area contributed by atoms with E-state index in [0.29, 0.717) is 0 Å². The van der Waals surface area contributed by atoms with Crippen LogP contribution < -0.4 is 0 Å². The van der Waals surface area contributed by atoms with Crippen LogP contribution in [0, 0.1) is 20.8 Å². The number of carbonyl (C=O) groups is 1. The fraction of sp³-hybridized carbons (Fsp3) is 0.174. The minimum absolute atomic E-state index is 0.833. The van der Waals surface area contributed by atoms with Crippen molar-refractivity contribution >= 4 is 5.97 Å². The lowest BCUT2D eigenvalue weighted by atomic mass is 10.2. The minimum Gasteiger partial charge on any atom is -0.481 e. The van der Waals surface area contributed by atoms with Crippen LogP contribution in [-0.2, 0) is 4.79 Å². The van der Waals surface area contributed by atoms with Gasteiger partial charge in [0.15, 0.2) is 0 Å². The highest BCUT2D eigenvalue weighted by Crippen LogP contribution is 1.93. The molecule has 0 radical (unpaired) electrons. The second kappa shape index (κ2) is 14.7. The summed E-state index contributed by atoms with van der Waals surface area (Å²) in [5.41, 5.74) is 3.97. The highest BCUT2D eigenvalue weighted by atomic mass is 16.4. The molecule has 3 rings (SSSR count). The van der Waals surface area contributed by atoms with Gasteiger partial charge in [0, 0.05) is 6.92 Å². The molecule has 0 aliphatic carbocycles. The van der Waals surface area contributed by atoms with E-state index in [1.165, 1.54) is 16.7 Å². The molecular weight excluding hydrogens is 308 g/mol. The third kappa shape index (κ3) is 17.3. The van der Waals surface area contributed by atoms with Crippen LogP contribution in [-0.4, -0.2) is 11.1 Å². The molecule has 0 unspecified atom stereocenters. The summed E-state index contributed by atoms with van der Waals surface area (Å²) in [5, 5.41) is 7.42. The third-order valence-corrected chi connectivity index (χ3v) is 2.82. The molecule has 2 heteroatoms. The minimum atomic E-state index is -0.833. The number of carboxylic acids is 1. The van der Waals surface area contributed by atoms with Crippen LogP contribution in [0.5, 0.6) is 0 Å². The Morgan fingerprint density at radius 3 is 0.800 bits per heavy atom. The molecule has 2 nitrogen and oxygen atoms in total. The van der Waals surface area contributed by atoms with Gasteiger partial charge in [-0.15, -0.1) is 0 Å². The van der Waals surface area contributed by atoms with Crippen molar-refractivity contribution in [3.05, 3.63) is 108 Å². The fourth-order valence-corrected chi connectivity index (χ4v) is 1.60. The Hall–Kier alpha value is -2.87. The zero-order valence-electron chi connectivity index (χ0n) is 15.5. The Morgan fingerprint density at radius 2 is 0.720 bits per heavy atom. The quantitative estimate of drug-likeness (QED) is 0.540. The molecule has 3 aromatic rings. The smallest absolute Gasteiger partial charge is 0.300 e. The van der Waals surface area contributed by atoms with Gasteiger partial charge in [-0.3, -0.25) is 4.79 Å². The largest absolute Gasteiger partial charge is 0.481 e. The van der Waals surface area contributed by atoms with Crippen molar-refractivity contribution in [2.45, 2.75) is 27.7 Å². The van der Waals surface area contributed by atoms with E-state index in [9.17, 15) is 0 Å². The number of hydrogen-bond donors (Lipinski definition) is 1. The van der Waals surface area contributed by atoms with E-state index in [4.69, 9.17) is 9.90 Å².